The summed E-state index contributed by atoms with van der Waals surface area (Å²) < 4.78 is 22.1. The van der Waals surface area contributed by atoms with Crippen LogP contribution >= 0.6 is 7.82 Å². The van der Waals surface area contributed by atoms with Gasteiger partial charge < -0.3 is 21.1 Å². The molecule has 5 N–H and O–H groups in total. The van der Waals surface area contributed by atoms with Gasteiger partial charge >= 0.3 is 7.82 Å². The van der Waals surface area contributed by atoms with Crippen LogP contribution in [0.3, 0.4) is 0 Å². The lowest BCUT2D eigenvalue weighted by Gasteiger charge is -2.23. The van der Waals surface area contributed by atoms with E-state index in [9.17, 15) is 19.4 Å². The van der Waals surface area contributed by atoms with Crippen LogP contribution in [0.5, 0.6) is 0 Å². The van der Waals surface area contributed by atoms with E-state index in [0.717, 1.165) is 57.8 Å². The Kier molecular flexibility index (Phi) is 38.4. The Morgan fingerprint density at radius 3 is 1.52 bits per heavy atom. The van der Waals surface area contributed by atoms with Crippen molar-refractivity contribution in [3.05, 3.63) is 36.5 Å². The summed E-state index contributed by atoms with van der Waals surface area (Å²) in [4.78, 5) is 22.6. The minimum Gasteiger partial charge on any atom is -0.387 e. The molecular formula is C43H83N2O6P. The van der Waals surface area contributed by atoms with E-state index in [1.165, 1.54) is 122 Å². The normalized spacial score (nSPS) is 14.5. The number of amides is 1. The van der Waals surface area contributed by atoms with Gasteiger partial charge in [0.1, 0.15) is 0 Å². The molecule has 0 saturated heterocycles. The molecule has 0 rings (SSSR count). The number of hydrogen-bond acceptors (Lipinski definition) is 6. The second kappa shape index (κ2) is 39.4. The number of phosphoric acid groups is 1. The molecular weight excluding hydrogens is 671 g/mol. The Bertz CT molecular complexity index is 912. The number of rotatable bonds is 40. The fraction of sp³-hybridized carbons (Fsp3) is 0.837. The van der Waals surface area contributed by atoms with Crippen molar-refractivity contribution in [2.45, 2.75) is 212 Å². The van der Waals surface area contributed by atoms with Crippen molar-refractivity contribution < 1.29 is 28.4 Å². The molecule has 0 aliphatic heterocycles. The van der Waals surface area contributed by atoms with Gasteiger partial charge in [-0.25, -0.2) is 4.57 Å². The Morgan fingerprint density at radius 2 is 1.02 bits per heavy atom. The molecule has 3 unspecified atom stereocenters. The molecule has 0 aromatic rings. The highest BCUT2D eigenvalue weighted by atomic mass is 31.2. The summed E-state index contributed by atoms with van der Waals surface area (Å²) in [6.45, 7) is 4.08. The van der Waals surface area contributed by atoms with Gasteiger partial charge in [-0.05, 0) is 57.8 Å². The number of nitrogens with two attached hydrogens (primary N) is 1. The quantitative estimate of drug-likeness (QED) is 0.0278. The zero-order valence-corrected chi connectivity index (χ0v) is 34.7. The molecule has 0 heterocycles. The number of carbonyl (C=O) groups is 1. The number of allylic oxidation sites excluding steroid dienone is 5. The minimum absolute atomic E-state index is 0.0725. The Morgan fingerprint density at radius 1 is 0.615 bits per heavy atom. The van der Waals surface area contributed by atoms with Gasteiger partial charge in [-0.15, -0.1) is 0 Å². The Balaban J connectivity index is 4.23. The highest BCUT2D eigenvalue weighted by molar-refractivity contribution is 7.47. The average Bonchev–Trinajstić information content (AvgIpc) is 3.13. The first kappa shape index (κ1) is 50.7. The third kappa shape index (κ3) is 37.1. The topological polar surface area (TPSA) is 131 Å². The highest BCUT2D eigenvalue weighted by Gasteiger charge is 2.26. The smallest absolute Gasteiger partial charge is 0.387 e. The van der Waals surface area contributed by atoms with Crippen LogP contribution in [-0.2, 0) is 18.4 Å². The highest BCUT2D eigenvalue weighted by Crippen LogP contribution is 2.43. The molecule has 0 fully saturated rings. The number of carbonyl (C=O) groups excluding carboxylic acids is 1. The first-order valence-corrected chi connectivity index (χ1v) is 23.1. The first-order chi connectivity index (χ1) is 25.4. The summed E-state index contributed by atoms with van der Waals surface area (Å²) in [5.41, 5.74) is 5.36. The van der Waals surface area contributed by atoms with Crippen molar-refractivity contribution in [1.82, 2.24) is 5.32 Å². The monoisotopic (exact) mass is 755 g/mol. The number of nitrogens with one attached hydrogen (secondary N) is 1. The second-order valence-electron chi connectivity index (χ2n) is 14.5. The first-order valence-electron chi connectivity index (χ1n) is 21.6. The predicted octanol–water partition coefficient (Wildman–Crippen LogP) is 11.9. The maximum Gasteiger partial charge on any atom is 0.472 e. The molecule has 0 bridgehead atoms. The number of phosphoric ester groups is 1. The lowest BCUT2D eigenvalue weighted by Crippen LogP contribution is -2.45. The van der Waals surface area contributed by atoms with Crippen LogP contribution in [-0.4, -0.2) is 47.8 Å². The number of unbranched alkanes of at least 4 members (excludes halogenated alkanes) is 24. The van der Waals surface area contributed by atoms with E-state index in [-0.39, 0.29) is 25.7 Å². The van der Waals surface area contributed by atoms with Crippen LogP contribution in [0.25, 0.3) is 0 Å². The van der Waals surface area contributed by atoms with Gasteiger partial charge in [-0.2, -0.15) is 0 Å². The molecule has 52 heavy (non-hydrogen) atoms. The standard InChI is InChI=1S/C43H83N2O6P/c1-3-5-7-9-11-13-15-17-18-19-20-21-22-23-24-25-26-28-30-32-34-36-42(46)41(40-51-52(48,49)50-39-38-44)45-43(47)37-35-33-31-29-27-16-14-12-10-8-6-4-2/h12,14,26,28,34,36,41-42,46H,3-11,13,15-25,27,29-33,35,37-40,44H2,1-2H3,(H,45,47)(H,48,49)/b14-12-,28-26+,36-34+. The molecule has 0 aromatic carbocycles. The molecule has 0 spiro atoms. The van der Waals surface area contributed by atoms with E-state index in [1.54, 1.807) is 6.08 Å². The van der Waals surface area contributed by atoms with E-state index in [1.807, 2.05) is 6.08 Å². The Hall–Kier alpha value is -1.28. The third-order valence-corrected chi connectivity index (χ3v) is 10.4. The molecule has 0 aromatic heterocycles. The van der Waals surface area contributed by atoms with Crippen LogP contribution in [0.15, 0.2) is 36.5 Å². The molecule has 0 saturated carbocycles. The fourth-order valence-corrected chi connectivity index (χ4v) is 6.90. The molecule has 0 radical (unpaired) electrons. The van der Waals surface area contributed by atoms with E-state index in [4.69, 9.17) is 14.8 Å². The molecule has 0 aliphatic rings. The van der Waals surface area contributed by atoms with Crippen molar-refractivity contribution in [2.75, 3.05) is 19.8 Å². The van der Waals surface area contributed by atoms with Gasteiger partial charge in [-0.3, -0.25) is 13.8 Å². The number of aliphatic hydroxyl groups is 1. The van der Waals surface area contributed by atoms with Gasteiger partial charge in [0.25, 0.3) is 0 Å². The van der Waals surface area contributed by atoms with Crippen LogP contribution < -0.4 is 11.1 Å². The summed E-state index contributed by atoms with van der Waals surface area (Å²) in [5, 5.41) is 13.6. The van der Waals surface area contributed by atoms with Gasteiger partial charge in [0.05, 0.1) is 25.4 Å². The summed E-state index contributed by atoms with van der Waals surface area (Å²) in [7, 11) is -4.35. The summed E-state index contributed by atoms with van der Waals surface area (Å²) in [6, 6.07) is -0.879. The maximum absolute atomic E-state index is 12.7. The number of aliphatic hydroxyl groups excluding tert-OH is 1. The fourth-order valence-electron chi connectivity index (χ4n) is 6.14. The summed E-state index contributed by atoms with van der Waals surface area (Å²) >= 11 is 0. The molecule has 3 atom stereocenters. The van der Waals surface area contributed by atoms with Crippen LogP contribution in [0, 0.1) is 0 Å². The largest absolute Gasteiger partial charge is 0.472 e. The van der Waals surface area contributed by atoms with E-state index < -0.39 is 20.0 Å². The minimum atomic E-state index is -4.35. The van der Waals surface area contributed by atoms with E-state index in [0.29, 0.717) is 6.42 Å². The molecule has 1 amide bonds. The molecule has 8 nitrogen and oxygen atoms in total. The second-order valence-corrected chi connectivity index (χ2v) is 16.0. The van der Waals surface area contributed by atoms with Crippen molar-refractivity contribution in [3.63, 3.8) is 0 Å². The third-order valence-electron chi connectivity index (χ3n) is 9.44. The van der Waals surface area contributed by atoms with Gasteiger partial charge in [0, 0.05) is 13.0 Å². The van der Waals surface area contributed by atoms with E-state index >= 15 is 0 Å². The van der Waals surface area contributed by atoms with Crippen molar-refractivity contribution in [2.24, 2.45) is 5.73 Å². The van der Waals surface area contributed by atoms with Crippen LogP contribution in [0.1, 0.15) is 200 Å². The molecule has 0 aliphatic carbocycles. The molecule has 9 heteroatoms. The van der Waals surface area contributed by atoms with Crippen molar-refractivity contribution in [3.8, 4) is 0 Å². The number of hydrogen-bond donors (Lipinski definition) is 4. The SMILES string of the molecule is CCCCC/C=C\CCCCCCCC(=O)NC(COP(=O)(O)OCCN)C(O)/C=C/CC/C=C/CCCCCCCCCCCCCCCCC. The maximum atomic E-state index is 12.7. The zero-order chi connectivity index (χ0) is 38.2. The van der Waals surface area contributed by atoms with Crippen LogP contribution in [0.4, 0.5) is 0 Å². The zero-order valence-electron chi connectivity index (χ0n) is 33.8. The lowest BCUT2D eigenvalue weighted by molar-refractivity contribution is -0.123. The predicted molar refractivity (Wildman–Crippen MR) is 221 cm³/mol. The molecule has 306 valence electrons. The van der Waals surface area contributed by atoms with Crippen molar-refractivity contribution in [1.29, 1.82) is 0 Å². The van der Waals surface area contributed by atoms with Gasteiger partial charge in [0.15, 0.2) is 0 Å². The lowest BCUT2D eigenvalue weighted by atomic mass is 10.0. The average molecular weight is 755 g/mol. The summed E-state index contributed by atoms with van der Waals surface area (Å²) in [5.74, 6) is -0.214. The van der Waals surface area contributed by atoms with Crippen molar-refractivity contribution >= 4 is 13.7 Å². The van der Waals surface area contributed by atoms with Crippen LogP contribution in [0.2, 0.25) is 0 Å². The Labute approximate surface area is 320 Å². The summed E-state index contributed by atoms with van der Waals surface area (Å²) in [6.07, 6.45) is 46.3. The van der Waals surface area contributed by atoms with Gasteiger partial charge in [-0.1, -0.05) is 172 Å². The van der Waals surface area contributed by atoms with E-state index in [2.05, 4.69) is 43.5 Å². The van der Waals surface area contributed by atoms with Gasteiger partial charge in [0.2, 0.25) is 5.91 Å².